The first kappa shape index (κ1) is 16.6. The number of hydrogen-bond acceptors (Lipinski definition) is 2. The van der Waals surface area contributed by atoms with Gasteiger partial charge >= 0.3 is 10.2 Å². The normalized spacial score (nSPS) is 22.0. The van der Waals surface area contributed by atoms with E-state index in [-0.39, 0.29) is 5.41 Å². The minimum atomic E-state index is -3.37. The SMILES string of the molecule is CCCC(C)(C)C1C=CN(S(=O)(=O)N2CCCCC2)C=C1. The summed E-state index contributed by atoms with van der Waals surface area (Å²) in [6, 6.07) is 0. The van der Waals surface area contributed by atoms with Gasteiger partial charge in [-0.05, 0) is 24.7 Å². The summed E-state index contributed by atoms with van der Waals surface area (Å²) in [6.45, 7) is 7.96. The van der Waals surface area contributed by atoms with E-state index >= 15 is 0 Å². The van der Waals surface area contributed by atoms with E-state index in [4.69, 9.17) is 0 Å². The molecule has 0 aromatic heterocycles. The second-order valence-electron chi connectivity index (χ2n) is 6.74. The minimum Gasteiger partial charge on any atom is -0.241 e. The van der Waals surface area contributed by atoms with Crippen LogP contribution in [-0.2, 0) is 10.2 Å². The summed E-state index contributed by atoms with van der Waals surface area (Å²) < 4.78 is 28.1. The zero-order valence-electron chi connectivity index (χ0n) is 13.5. The summed E-state index contributed by atoms with van der Waals surface area (Å²) in [7, 11) is -3.37. The van der Waals surface area contributed by atoms with Gasteiger partial charge in [-0.25, -0.2) is 4.31 Å². The summed E-state index contributed by atoms with van der Waals surface area (Å²) in [5, 5.41) is 0. The number of allylic oxidation sites excluding steroid dienone is 2. The van der Waals surface area contributed by atoms with Gasteiger partial charge in [0.15, 0.2) is 0 Å². The van der Waals surface area contributed by atoms with E-state index in [2.05, 4.69) is 20.8 Å². The van der Waals surface area contributed by atoms with E-state index in [0.29, 0.717) is 19.0 Å². The molecule has 120 valence electrons. The molecule has 0 aromatic carbocycles. The van der Waals surface area contributed by atoms with Gasteiger partial charge < -0.3 is 0 Å². The molecule has 0 atom stereocenters. The number of hydrogen-bond donors (Lipinski definition) is 0. The summed E-state index contributed by atoms with van der Waals surface area (Å²) in [4.78, 5) is 0. The van der Waals surface area contributed by atoms with Gasteiger partial charge in [-0.2, -0.15) is 12.7 Å². The molecule has 21 heavy (non-hydrogen) atoms. The molecule has 5 heteroatoms. The van der Waals surface area contributed by atoms with Crippen LogP contribution in [0, 0.1) is 11.3 Å². The second-order valence-corrected chi connectivity index (χ2v) is 8.58. The molecule has 0 unspecified atom stereocenters. The molecule has 0 aliphatic carbocycles. The van der Waals surface area contributed by atoms with E-state index in [1.165, 1.54) is 4.31 Å². The first-order chi connectivity index (χ1) is 9.88. The number of nitrogens with zero attached hydrogens (tertiary/aromatic N) is 2. The summed E-state index contributed by atoms with van der Waals surface area (Å²) in [5.74, 6) is 0.297. The maximum absolute atomic E-state index is 12.6. The van der Waals surface area contributed by atoms with Crippen LogP contribution in [0.2, 0.25) is 0 Å². The van der Waals surface area contributed by atoms with E-state index in [1.807, 2.05) is 12.2 Å². The fraction of sp³-hybridized carbons (Fsp3) is 0.750. The highest BCUT2D eigenvalue weighted by Crippen LogP contribution is 2.36. The Labute approximate surface area is 129 Å². The van der Waals surface area contributed by atoms with Crippen molar-refractivity contribution in [1.82, 2.24) is 8.61 Å². The minimum absolute atomic E-state index is 0.169. The van der Waals surface area contributed by atoms with Crippen LogP contribution in [0.5, 0.6) is 0 Å². The van der Waals surface area contributed by atoms with Crippen LogP contribution in [0.3, 0.4) is 0 Å². The first-order valence-corrected chi connectivity index (χ1v) is 9.43. The molecule has 1 fully saturated rings. The van der Waals surface area contributed by atoms with Crippen LogP contribution >= 0.6 is 0 Å². The van der Waals surface area contributed by atoms with Crippen LogP contribution in [0.1, 0.15) is 52.9 Å². The van der Waals surface area contributed by atoms with Crippen molar-refractivity contribution in [3.63, 3.8) is 0 Å². The Balaban J connectivity index is 2.07. The standard InChI is InChI=1S/C16H28N2O2S/c1-4-10-16(2,3)15-8-13-18(14-9-15)21(19,20)17-11-6-5-7-12-17/h8-9,13-15H,4-7,10-12H2,1-3H3. The smallest absolute Gasteiger partial charge is 0.241 e. The molecule has 2 rings (SSSR count). The van der Waals surface area contributed by atoms with Crippen molar-refractivity contribution in [3.05, 3.63) is 24.6 Å². The molecular formula is C16H28N2O2S. The lowest BCUT2D eigenvalue weighted by Gasteiger charge is -2.35. The largest absolute Gasteiger partial charge is 0.307 e. The topological polar surface area (TPSA) is 40.6 Å². The average Bonchev–Trinajstić information content (AvgIpc) is 2.48. The van der Waals surface area contributed by atoms with Crippen molar-refractivity contribution >= 4 is 10.2 Å². The molecule has 0 bridgehead atoms. The zero-order chi connectivity index (χ0) is 15.5. The van der Waals surface area contributed by atoms with Crippen LogP contribution in [0.15, 0.2) is 24.6 Å². The Morgan fingerprint density at radius 2 is 1.67 bits per heavy atom. The van der Waals surface area contributed by atoms with Crippen LogP contribution < -0.4 is 0 Å². The predicted molar refractivity (Wildman–Crippen MR) is 86.6 cm³/mol. The van der Waals surface area contributed by atoms with E-state index < -0.39 is 10.2 Å². The maximum atomic E-state index is 12.6. The maximum Gasteiger partial charge on any atom is 0.307 e. The van der Waals surface area contributed by atoms with Gasteiger partial charge in [0.25, 0.3) is 0 Å². The lowest BCUT2D eigenvalue weighted by molar-refractivity contribution is 0.269. The van der Waals surface area contributed by atoms with Gasteiger partial charge in [0.2, 0.25) is 0 Å². The number of piperidine rings is 1. The van der Waals surface area contributed by atoms with Gasteiger partial charge in [-0.3, -0.25) is 0 Å². The molecule has 0 spiro atoms. The highest BCUT2D eigenvalue weighted by molar-refractivity contribution is 7.86. The third kappa shape index (κ3) is 3.69. The molecule has 2 heterocycles. The molecule has 1 saturated heterocycles. The highest BCUT2D eigenvalue weighted by atomic mass is 32.2. The summed E-state index contributed by atoms with van der Waals surface area (Å²) >= 11 is 0. The molecule has 0 radical (unpaired) electrons. The van der Waals surface area contributed by atoms with Crippen molar-refractivity contribution in [2.75, 3.05) is 13.1 Å². The van der Waals surface area contributed by atoms with E-state index in [0.717, 1.165) is 32.1 Å². The second kappa shape index (κ2) is 6.53. The fourth-order valence-electron chi connectivity index (χ4n) is 3.18. The third-order valence-electron chi connectivity index (χ3n) is 4.59. The first-order valence-electron chi connectivity index (χ1n) is 8.03. The van der Waals surface area contributed by atoms with E-state index in [1.54, 1.807) is 16.7 Å². The van der Waals surface area contributed by atoms with Crippen molar-refractivity contribution < 1.29 is 8.42 Å². The lowest BCUT2D eigenvalue weighted by Crippen LogP contribution is -2.42. The van der Waals surface area contributed by atoms with Crippen molar-refractivity contribution in [1.29, 1.82) is 0 Å². The Morgan fingerprint density at radius 3 is 2.19 bits per heavy atom. The van der Waals surface area contributed by atoms with Crippen molar-refractivity contribution in [2.24, 2.45) is 11.3 Å². The molecular weight excluding hydrogens is 284 g/mol. The molecule has 2 aliphatic heterocycles. The van der Waals surface area contributed by atoms with Gasteiger partial charge in [0, 0.05) is 31.4 Å². The monoisotopic (exact) mass is 312 g/mol. The van der Waals surface area contributed by atoms with Crippen LogP contribution in [0.25, 0.3) is 0 Å². The van der Waals surface area contributed by atoms with Crippen LogP contribution in [-0.4, -0.2) is 30.1 Å². The fourth-order valence-corrected chi connectivity index (χ4v) is 4.62. The average molecular weight is 312 g/mol. The molecule has 2 aliphatic rings. The molecule has 0 N–H and O–H groups in total. The molecule has 0 amide bonds. The quantitative estimate of drug-likeness (QED) is 0.779. The summed E-state index contributed by atoms with van der Waals surface area (Å²) in [5.41, 5.74) is 0.169. The Morgan fingerprint density at radius 1 is 1.10 bits per heavy atom. The van der Waals surface area contributed by atoms with Gasteiger partial charge in [0.1, 0.15) is 0 Å². The lowest BCUT2D eigenvalue weighted by atomic mass is 9.75. The predicted octanol–water partition coefficient (Wildman–Crippen LogP) is 3.50. The Bertz CT molecular complexity index is 488. The van der Waals surface area contributed by atoms with Crippen molar-refractivity contribution in [2.45, 2.75) is 52.9 Å². The molecule has 4 nitrogen and oxygen atoms in total. The van der Waals surface area contributed by atoms with Gasteiger partial charge in [0.05, 0.1) is 0 Å². The Kier molecular flexibility index (Phi) is 5.15. The molecule has 0 saturated carbocycles. The number of rotatable bonds is 5. The van der Waals surface area contributed by atoms with Crippen LogP contribution in [0.4, 0.5) is 0 Å². The molecule has 0 aromatic rings. The van der Waals surface area contributed by atoms with Gasteiger partial charge in [-0.1, -0.05) is 45.8 Å². The van der Waals surface area contributed by atoms with E-state index in [9.17, 15) is 8.42 Å². The third-order valence-corrected chi connectivity index (χ3v) is 6.38. The van der Waals surface area contributed by atoms with Gasteiger partial charge in [-0.15, -0.1) is 0 Å². The highest BCUT2D eigenvalue weighted by Gasteiger charge is 2.31. The zero-order valence-corrected chi connectivity index (χ0v) is 14.3. The van der Waals surface area contributed by atoms with Crippen molar-refractivity contribution in [3.8, 4) is 0 Å². The summed E-state index contributed by atoms with van der Waals surface area (Å²) in [6.07, 6.45) is 12.8. The Hall–Kier alpha value is -0.810.